The summed E-state index contributed by atoms with van der Waals surface area (Å²) in [6, 6.07) is 5.61. The molecule has 1 amide bonds. The van der Waals surface area contributed by atoms with Gasteiger partial charge in [0.2, 0.25) is 5.91 Å². The number of carbonyl (C=O) groups is 1. The first-order chi connectivity index (χ1) is 15.5. The largest absolute Gasteiger partial charge is 0.356 e. The highest BCUT2D eigenvalue weighted by Gasteiger charge is 2.31. The van der Waals surface area contributed by atoms with E-state index in [1.165, 1.54) is 0 Å². The molecule has 2 aliphatic rings. The maximum absolute atomic E-state index is 12.9. The van der Waals surface area contributed by atoms with Crippen LogP contribution in [0.3, 0.4) is 0 Å². The third-order valence-electron chi connectivity index (χ3n) is 6.30. The van der Waals surface area contributed by atoms with Crippen molar-refractivity contribution in [1.29, 1.82) is 0 Å². The maximum Gasteiger partial charge on any atom is 0.257 e. The fourth-order valence-electron chi connectivity index (χ4n) is 4.65. The lowest BCUT2D eigenvalue weighted by Gasteiger charge is -2.14. The first-order valence-corrected chi connectivity index (χ1v) is 12.0. The predicted octanol–water partition coefficient (Wildman–Crippen LogP) is 2.33. The molecule has 166 valence electrons. The Balaban J connectivity index is 1.22. The minimum absolute atomic E-state index is 0.0386. The highest BCUT2D eigenvalue weighted by Crippen LogP contribution is 2.33. The van der Waals surface area contributed by atoms with Gasteiger partial charge in [0.05, 0.1) is 17.4 Å². The van der Waals surface area contributed by atoms with E-state index in [9.17, 15) is 9.59 Å². The van der Waals surface area contributed by atoms with Gasteiger partial charge in [-0.25, -0.2) is 14.6 Å². The predicted molar refractivity (Wildman–Crippen MR) is 122 cm³/mol. The summed E-state index contributed by atoms with van der Waals surface area (Å²) in [5.41, 5.74) is 4.94. The average Bonchev–Trinajstić information content (AvgIpc) is 3.49. The van der Waals surface area contributed by atoms with Crippen LogP contribution in [0.25, 0.3) is 5.82 Å². The van der Waals surface area contributed by atoms with Gasteiger partial charge in [0.1, 0.15) is 0 Å². The van der Waals surface area contributed by atoms with Gasteiger partial charge >= 0.3 is 0 Å². The molecule has 9 heteroatoms. The monoisotopic (exact) mass is 450 g/mol. The van der Waals surface area contributed by atoms with E-state index in [-0.39, 0.29) is 17.5 Å². The molecule has 1 aliphatic heterocycles. The van der Waals surface area contributed by atoms with Crippen molar-refractivity contribution < 1.29 is 4.79 Å². The van der Waals surface area contributed by atoms with Gasteiger partial charge in [-0.05, 0) is 57.2 Å². The molecular weight excluding hydrogens is 424 g/mol. The molecule has 4 heterocycles. The Morgan fingerprint density at radius 2 is 2.16 bits per heavy atom. The molecule has 1 unspecified atom stereocenters. The Bertz CT molecular complexity index is 1230. The van der Waals surface area contributed by atoms with Crippen LogP contribution >= 0.6 is 11.8 Å². The van der Waals surface area contributed by atoms with Crippen molar-refractivity contribution in [1.82, 2.24) is 29.6 Å². The van der Waals surface area contributed by atoms with Crippen molar-refractivity contribution >= 4 is 17.7 Å². The lowest BCUT2D eigenvalue weighted by molar-refractivity contribution is -0.121. The van der Waals surface area contributed by atoms with Crippen LogP contribution in [0.4, 0.5) is 0 Å². The molecule has 0 saturated heterocycles. The minimum Gasteiger partial charge on any atom is -0.356 e. The summed E-state index contributed by atoms with van der Waals surface area (Å²) in [5.74, 6) is 1.46. The smallest absolute Gasteiger partial charge is 0.257 e. The summed E-state index contributed by atoms with van der Waals surface area (Å²) in [6.07, 6.45) is 5.43. The second-order valence-electron chi connectivity index (χ2n) is 8.37. The molecule has 0 saturated carbocycles. The zero-order valence-electron chi connectivity index (χ0n) is 18.3. The highest BCUT2D eigenvalue weighted by molar-refractivity contribution is 7.99. The van der Waals surface area contributed by atoms with Crippen molar-refractivity contribution in [2.75, 3.05) is 12.3 Å². The summed E-state index contributed by atoms with van der Waals surface area (Å²) >= 11 is 1.58. The van der Waals surface area contributed by atoms with Crippen LogP contribution in [0.5, 0.6) is 0 Å². The summed E-state index contributed by atoms with van der Waals surface area (Å²) in [6.45, 7) is 4.53. The standard InChI is InChI=1S/C23H26N6O2S/c1-14-17(15(2)29(27-14)20-8-3-4-10-24-20)9-11-25-21(30)12-16-13-32-23-26-19-7-5-6-18(19)22(31)28(16)23/h3-4,8,10,16H,5-7,9,11-13H2,1-2H3,(H,25,30). The van der Waals surface area contributed by atoms with Crippen molar-refractivity contribution in [3.05, 3.63) is 63.0 Å². The molecular formula is C23H26N6O2S. The molecule has 1 aliphatic carbocycles. The number of nitrogens with one attached hydrogen (secondary N) is 1. The number of amides is 1. The summed E-state index contributed by atoms with van der Waals surface area (Å²) in [5, 5.41) is 8.41. The van der Waals surface area contributed by atoms with E-state index in [4.69, 9.17) is 0 Å². The fraction of sp³-hybridized carbons (Fsp3) is 0.435. The van der Waals surface area contributed by atoms with Gasteiger partial charge < -0.3 is 5.32 Å². The summed E-state index contributed by atoms with van der Waals surface area (Å²) in [7, 11) is 0. The molecule has 32 heavy (non-hydrogen) atoms. The molecule has 1 N–H and O–H groups in total. The molecule has 8 nitrogen and oxygen atoms in total. The van der Waals surface area contributed by atoms with E-state index >= 15 is 0 Å². The number of fused-ring (bicyclic) bond motifs is 2. The Morgan fingerprint density at radius 1 is 1.28 bits per heavy atom. The molecule has 0 spiro atoms. The Kier molecular flexibility index (Phi) is 5.58. The second-order valence-corrected chi connectivity index (χ2v) is 9.35. The second kappa shape index (κ2) is 8.54. The highest BCUT2D eigenvalue weighted by atomic mass is 32.2. The van der Waals surface area contributed by atoms with Crippen molar-refractivity contribution in [2.45, 2.75) is 57.1 Å². The van der Waals surface area contributed by atoms with Gasteiger partial charge in [-0.2, -0.15) is 5.10 Å². The van der Waals surface area contributed by atoms with Gasteiger partial charge in [-0.15, -0.1) is 0 Å². The quantitative estimate of drug-likeness (QED) is 0.579. The molecule has 0 aromatic carbocycles. The normalized spacial score (nSPS) is 16.8. The van der Waals surface area contributed by atoms with Crippen LogP contribution in [-0.2, 0) is 24.1 Å². The summed E-state index contributed by atoms with van der Waals surface area (Å²) in [4.78, 5) is 34.6. The average molecular weight is 451 g/mol. The molecule has 3 aromatic rings. The van der Waals surface area contributed by atoms with Crippen molar-refractivity contribution in [3.8, 4) is 5.82 Å². The van der Waals surface area contributed by atoms with Crippen molar-refractivity contribution in [2.24, 2.45) is 0 Å². The van der Waals surface area contributed by atoms with Crippen LogP contribution in [-0.4, -0.2) is 42.5 Å². The Morgan fingerprint density at radius 3 is 2.97 bits per heavy atom. The molecule has 0 radical (unpaired) electrons. The van der Waals surface area contributed by atoms with Gasteiger partial charge in [0.15, 0.2) is 11.0 Å². The number of thioether (sulfide) groups is 1. The summed E-state index contributed by atoms with van der Waals surface area (Å²) < 4.78 is 3.59. The lowest BCUT2D eigenvalue weighted by atomic mass is 10.1. The van der Waals surface area contributed by atoms with Crippen molar-refractivity contribution in [3.63, 3.8) is 0 Å². The first kappa shape index (κ1) is 20.9. The molecule has 1 atom stereocenters. The number of hydrogen-bond donors (Lipinski definition) is 1. The third kappa shape index (κ3) is 3.74. The number of nitrogens with zero attached hydrogens (tertiary/aromatic N) is 5. The number of rotatable bonds is 6. The number of pyridine rings is 1. The maximum atomic E-state index is 12.9. The van der Waals surface area contributed by atoms with E-state index in [1.54, 1.807) is 22.5 Å². The van der Waals surface area contributed by atoms with Gasteiger partial charge in [-0.3, -0.25) is 14.2 Å². The van der Waals surface area contributed by atoms with Gasteiger partial charge in [0, 0.05) is 36.2 Å². The number of aromatic nitrogens is 5. The Labute approximate surface area is 190 Å². The van der Waals surface area contributed by atoms with Crippen LogP contribution in [0.1, 0.15) is 47.1 Å². The van der Waals surface area contributed by atoms with E-state index in [2.05, 4.69) is 20.4 Å². The van der Waals surface area contributed by atoms with Crippen LogP contribution in [0, 0.1) is 13.8 Å². The SMILES string of the molecule is Cc1nn(-c2ccccn2)c(C)c1CCNC(=O)CC1CSc2nc3c(c(=O)n21)CCC3. The molecule has 0 fully saturated rings. The van der Waals surface area contributed by atoms with E-state index < -0.39 is 0 Å². The van der Waals surface area contributed by atoms with E-state index in [1.807, 2.05) is 36.7 Å². The van der Waals surface area contributed by atoms with Crippen LogP contribution in [0.2, 0.25) is 0 Å². The molecule has 5 rings (SSSR count). The fourth-order valence-corrected chi connectivity index (χ4v) is 5.81. The zero-order chi connectivity index (χ0) is 22.2. The van der Waals surface area contributed by atoms with E-state index in [0.717, 1.165) is 58.4 Å². The van der Waals surface area contributed by atoms with Crippen LogP contribution in [0.15, 0.2) is 34.3 Å². The topological polar surface area (TPSA) is 94.7 Å². The number of hydrogen-bond acceptors (Lipinski definition) is 6. The number of carbonyl (C=O) groups excluding carboxylic acids is 1. The van der Waals surface area contributed by atoms with E-state index in [0.29, 0.717) is 25.1 Å². The molecule has 0 bridgehead atoms. The van der Waals surface area contributed by atoms with Crippen LogP contribution < -0.4 is 10.9 Å². The number of aryl methyl sites for hydroxylation is 2. The molecule has 3 aromatic heterocycles. The third-order valence-corrected chi connectivity index (χ3v) is 7.40. The Hall–Kier alpha value is -2.94. The lowest BCUT2D eigenvalue weighted by Crippen LogP contribution is -2.33. The minimum atomic E-state index is -0.128. The van der Waals surface area contributed by atoms with Gasteiger partial charge in [0.25, 0.3) is 5.56 Å². The zero-order valence-corrected chi connectivity index (χ0v) is 19.1. The first-order valence-electron chi connectivity index (χ1n) is 11.0. The van der Waals surface area contributed by atoms with Gasteiger partial charge in [-0.1, -0.05) is 17.8 Å².